The van der Waals surface area contributed by atoms with Gasteiger partial charge in [0.1, 0.15) is 17.5 Å². The van der Waals surface area contributed by atoms with Crippen molar-refractivity contribution in [1.29, 1.82) is 0 Å². The molecule has 37 heavy (non-hydrogen) atoms. The largest absolute Gasteiger partial charge is 0.480 e. The maximum Gasteiger partial charge on any atom is 0.328 e. The Labute approximate surface area is 215 Å². The molecule has 0 saturated carbocycles. The summed E-state index contributed by atoms with van der Waals surface area (Å²) in [5.74, 6) is 0.500. The van der Waals surface area contributed by atoms with E-state index >= 15 is 0 Å². The summed E-state index contributed by atoms with van der Waals surface area (Å²) >= 11 is 0. The number of aliphatic carboxylic acids is 1. The Hall–Kier alpha value is -3.98. The Morgan fingerprint density at radius 2 is 1.97 bits per heavy atom. The number of piperazine rings is 1. The van der Waals surface area contributed by atoms with Crippen LogP contribution < -0.4 is 15.5 Å². The number of pyridine rings is 1. The summed E-state index contributed by atoms with van der Waals surface area (Å²) in [4.78, 5) is 28.8. The van der Waals surface area contributed by atoms with Crippen LogP contribution in [0.3, 0.4) is 0 Å². The van der Waals surface area contributed by atoms with Gasteiger partial charge in [-0.15, -0.1) is 0 Å². The number of rotatable bonds is 6. The molecule has 0 radical (unpaired) electrons. The van der Waals surface area contributed by atoms with Crippen molar-refractivity contribution in [2.75, 3.05) is 16.8 Å². The lowest BCUT2D eigenvalue weighted by atomic mass is 9.69. The number of carboxylic acid groups (broad SMARTS) is 1. The first-order valence-corrected chi connectivity index (χ1v) is 12.6. The Kier molecular flexibility index (Phi) is 5.41. The molecule has 190 valence electrons. The molecule has 3 N–H and O–H groups in total. The fourth-order valence-corrected chi connectivity index (χ4v) is 5.97. The molecule has 2 fully saturated rings. The molecule has 2 aliphatic rings. The third kappa shape index (κ3) is 3.81. The molecule has 2 bridgehead atoms. The fourth-order valence-electron chi connectivity index (χ4n) is 5.97. The van der Waals surface area contributed by atoms with Gasteiger partial charge in [0.15, 0.2) is 0 Å². The van der Waals surface area contributed by atoms with Crippen molar-refractivity contribution in [3.8, 4) is 11.3 Å². The second-order valence-corrected chi connectivity index (χ2v) is 11.0. The fraction of sp³-hybridized carbons (Fsp3) is 0.357. The zero-order valence-corrected chi connectivity index (χ0v) is 21.2. The monoisotopic (exact) mass is 497 g/mol. The van der Waals surface area contributed by atoms with Crippen molar-refractivity contribution in [2.45, 2.75) is 51.4 Å². The summed E-state index contributed by atoms with van der Waals surface area (Å²) in [7, 11) is 0. The van der Waals surface area contributed by atoms with Crippen molar-refractivity contribution < 1.29 is 9.90 Å². The molecule has 0 aliphatic carbocycles. The highest BCUT2D eigenvalue weighted by molar-refractivity contribution is 5.83. The lowest BCUT2D eigenvalue weighted by molar-refractivity contribution is -0.141. The molecule has 6 rings (SSSR count). The van der Waals surface area contributed by atoms with E-state index in [1.54, 1.807) is 12.4 Å². The van der Waals surface area contributed by atoms with Crippen molar-refractivity contribution >= 4 is 23.4 Å². The second-order valence-electron chi connectivity index (χ2n) is 11.0. The van der Waals surface area contributed by atoms with Crippen molar-refractivity contribution in [2.24, 2.45) is 5.41 Å². The number of hydrogen-bond donors (Lipinski definition) is 3. The number of imidazole rings is 1. The van der Waals surface area contributed by atoms with Crippen LogP contribution in [0.5, 0.6) is 0 Å². The van der Waals surface area contributed by atoms with Gasteiger partial charge in [-0.05, 0) is 29.5 Å². The minimum atomic E-state index is -0.846. The van der Waals surface area contributed by atoms with E-state index in [0.717, 1.165) is 29.1 Å². The molecule has 3 unspecified atom stereocenters. The number of aromatic nitrogens is 4. The van der Waals surface area contributed by atoms with E-state index in [1.165, 1.54) is 5.56 Å². The van der Waals surface area contributed by atoms with Gasteiger partial charge in [0.2, 0.25) is 5.95 Å². The maximum absolute atomic E-state index is 12.7. The van der Waals surface area contributed by atoms with Crippen LogP contribution in [0.2, 0.25) is 0 Å². The van der Waals surface area contributed by atoms with Crippen molar-refractivity contribution in [1.82, 2.24) is 24.7 Å². The highest BCUT2D eigenvalue weighted by Gasteiger charge is 2.65. The van der Waals surface area contributed by atoms with E-state index in [-0.39, 0.29) is 11.5 Å². The summed E-state index contributed by atoms with van der Waals surface area (Å²) in [6.07, 6.45) is 6.09. The molecule has 3 aromatic heterocycles. The average Bonchev–Trinajstić information content (AvgIpc) is 3.62. The van der Waals surface area contributed by atoms with Crippen molar-refractivity contribution in [3.05, 3.63) is 72.7 Å². The number of benzene rings is 1. The van der Waals surface area contributed by atoms with E-state index < -0.39 is 17.6 Å². The average molecular weight is 498 g/mol. The number of anilines is 2. The second kappa shape index (κ2) is 8.55. The molecule has 3 atom stereocenters. The van der Waals surface area contributed by atoms with Crippen LogP contribution in [0.15, 0.2) is 67.1 Å². The first-order chi connectivity index (χ1) is 17.8. The number of carboxylic acids is 1. The smallest absolute Gasteiger partial charge is 0.328 e. The summed E-state index contributed by atoms with van der Waals surface area (Å²) in [5, 5.41) is 17.4. The molecule has 2 saturated heterocycles. The van der Waals surface area contributed by atoms with E-state index in [9.17, 15) is 9.90 Å². The molecule has 0 amide bonds. The molecular formula is C28H31N7O2. The van der Waals surface area contributed by atoms with Gasteiger partial charge in [0.25, 0.3) is 0 Å². The van der Waals surface area contributed by atoms with Gasteiger partial charge in [-0.2, -0.15) is 0 Å². The number of nitrogens with one attached hydrogen (secondary N) is 2. The molecule has 4 aromatic rings. The Morgan fingerprint density at radius 1 is 1.16 bits per heavy atom. The summed E-state index contributed by atoms with van der Waals surface area (Å²) < 4.78 is 1.90. The van der Waals surface area contributed by atoms with Crippen LogP contribution >= 0.6 is 0 Å². The zero-order valence-electron chi connectivity index (χ0n) is 21.2. The Morgan fingerprint density at radius 3 is 2.73 bits per heavy atom. The standard InChI is InChI=1S/C28H31N7O2/c1-27(2,3)28-15-20(17-32-28)35(24(28)25(36)37)26-33-21(14-23-30-11-12-34(23)26)19-9-10-29-22(13-19)31-16-18-7-5-4-6-8-18/h4-14,20,24,32H,15-17H2,1-3H3,(H,29,31)(H,36,37). The summed E-state index contributed by atoms with van der Waals surface area (Å²) in [5.41, 5.74) is 2.69. The van der Waals surface area contributed by atoms with Gasteiger partial charge in [-0.25, -0.2) is 19.7 Å². The minimum absolute atomic E-state index is 0.0224. The number of fused-ring (bicyclic) bond motifs is 3. The van der Waals surface area contributed by atoms with Crippen LogP contribution in [-0.4, -0.2) is 54.6 Å². The predicted molar refractivity (Wildman–Crippen MR) is 142 cm³/mol. The van der Waals surface area contributed by atoms with Crippen LogP contribution in [0.1, 0.15) is 32.8 Å². The lowest BCUT2D eigenvalue weighted by Gasteiger charge is -2.47. The molecule has 1 aromatic carbocycles. The van der Waals surface area contributed by atoms with Gasteiger partial charge >= 0.3 is 5.97 Å². The van der Waals surface area contributed by atoms with Gasteiger partial charge < -0.3 is 20.6 Å². The number of nitrogens with zero attached hydrogens (tertiary/aromatic N) is 5. The predicted octanol–water partition coefficient (Wildman–Crippen LogP) is 3.82. The van der Waals surface area contributed by atoms with Gasteiger partial charge in [0, 0.05) is 49.4 Å². The minimum Gasteiger partial charge on any atom is -0.480 e. The molecule has 2 aliphatic heterocycles. The van der Waals surface area contributed by atoms with Crippen LogP contribution in [-0.2, 0) is 11.3 Å². The topological polar surface area (TPSA) is 108 Å². The molecule has 9 nitrogen and oxygen atoms in total. The van der Waals surface area contributed by atoms with Gasteiger partial charge in [0.05, 0.1) is 11.2 Å². The van der Waals surface area contributed by atoms with Crippen LogP contribution in [0.25, 0.3) is 16.9 Å². The normalized spacial score (nSPS) is 23.1. The molecule has 9 heteroatoms. The van der Waals surface area contributed by atoms with Crippen LogP contribution in [0, 0.1) is 5.41 Å². The van der Waals surface area contributed by atoms with Gasteiger partial charge in [-0.1, -0.05) is 51.1 Å². The third-order valence-electron chi connectivity index (χ3n) is 7.90. The number of hydrogen-bond acceptors (Lipinski definition) is 7. The quantitative estimate of drug-likeness (QED) is 0.369. The van der Waals surface area contributed by atoms with E-state index in [4.69, 9.17) is 4.98 Å². The van der Waals surface area contributed by atoms with Crippen LogP contribution in [0.4, 0.5) is 11.8 Å². The first-order valence-electron chi connectivity index (χ1n) is 12.6. The molecule has 5 heterocycles. The lowest BCUT2D eigenvalue weighted by Crippen LogP contribution is -2.67. The highest BCUT2D eigenvalue weighted by Crippen LogP contribution is 2.50. The molecular weight excluding hydrogens is 466 g/mol. The zero-order chi connectivity index (χ0) is 25.8. The Bertz CT molecular complexity index is 1460. The maximum atomic E-state index is 12.7. The third-order valence-corrected chi connectivity index (χ3v) is 7.90. The van der Waals surface area contributed by atoms with E-state index in [1.807, 2.05) is 51.9 Å². The highest BCUT2D eigenvalue weighted by atomic mass is 16.4. The van der Waals surface area contributed by atoms with E-state index in [0.29, 0.717) is 19.0 Å². The van der Waals surface area contributed by atoms with E-state index in [2.05, 4.69) is 53.5 Å². The SMILES string of the molecule is CC(C)(C)C12CC(CN1)N(c1nc(-c3ccnc(NCc4ccccc4)c3)cc3nccn13)C2C(=O)O. The first kappa shape index (κ1) is 23.4. The summed E-state index contributed by atoms with van der Waals surface area (Å²) in [6.45, 7) is 7.71. The Balaban J connectivity index is 1.40. The molecule has 0 spiro atoms. The van der Waals surface area contributed by atoms with Gasteiger partial charge in [-0.3, -0.25) is 4.40 Å². The van der Waals surface area contributed by atoms with Crippen molar-refractivity contribution in [3.63, 3.8) is 0 Å². The number of carbonyl (C=O) groups is 1. The summed E-state index contributed by atoms with van der Waals surface area (Å²) in [6, 6.07) is 15.3.